The molecule has 0 saturated carbocycles. The van der Waals surface area contributed by atoms with Crippen LogP contribution in [0.3, 0.4) is 0 Å². The number of H-pyrrole nitrogens is 1. The van der Waals surface area contributed by atoms with E-state index in [1.54, 1.807) is 32.9 Å². The van der Waals surface area contributed by atoms with Crippen LogP contribution < -0.4 is 0 Å². The van der Waals surface area contributed by atoms with Gasteiger partial charge < -0.3 is 18.9 Å². The number of Topliss-reactive ketones (excluding diaryl/α,β-unsaturated/α-hetero) is 1. The first-order valence-electron chi connectivity index (χ1n) is 10.8. The Hall–Kier alpha value is -4.47. The zero-order chi connectivity index (χ0) is 25.3. The molecule has 180 valence electrons. The number of ether oxygens (including phenoxy) is 2. The second-order valence-electron chi connectivity index (χ2n) is 7.88. The molecule has 0 spiro atoms. The molecule has 1 aliphatic rings. The van der Waals surface area contributed by atoms with Crippen LogP contribution in [0, 0.1) is 13.8 Å². The molecule has 1 N–H and O–H groups in total. The van der Waals surface area contributed by atoms with Gasteiger partial charge in [0.2, 0.25) is 5.78 Å². The minimum Gasteiger partial charge on any atom is -0.467 e. The quantitative estimate of drug-likeness (QED) is 0.296. The van der Waals surface area contributed by atoms with Crippen LogP contribution >= 0.6 is 0 Å². The molecule has 2 aromatic heterocycles. The topological polar surface area (TPSA) is 136 Å². The molecule has 0 aliphatic carbocycles. The number of fused-ring (bicyclic) bond motifs is 1. The number of amides is 2. The highest BCUT2D eigenvalue weighted by Gasteiger charge is 2.36. The van der Waals surface area contributed by atoms with E-state index in [2.05, 4.69) is 4.98 Å². The lowest BCUT2D eigenvalue weighted by molar-refractivity contribution is 0.0472. The minimum atomic E-state index is -0.836. The summed E-state index contributed by atoms with van der Waals surface area (Å²) in [7, 11) is 0. The third-order valence-corrected chi connectivity index (χ3v) is 5.63. The number of imide groups is 1. The van der Waals surface area contributed by atoms with Gasteiger partial charge in [-0.2, -0.15) is 0 Å². The summed E-state index contributed by atoms with van der Waals surface area (Å²) < 4.78 is 15.4. The molecule has 0 fully saturated rings. The van der Waals surface area contributed by atoms with Crippen molar-refractivity contribution in [2.75, 3.05) is 13.2 Å². The van der Waals surface area contributed by atoms with Crippen molar-refractivity contribution in [3.8, 4) is 0 Å². The monoisotopic (exact) mass is 478 g/mol. The molecule has 4 rings (SSSR count). The number of nitrogens with one attached hydrogen (secondary N) is 1. The molecule has 2 amide bonds. The smallest absolute Gasteiger partial charge is 0.340 e. The number of rotatable bonds is 8. The number of esters is 2. The van der Waals surface area contributed by atoms with Crippen molar-refractivity contribution in [1.29, 1.82) is 0 Å². The molecule has 0 bridgehead atoms. The van der Waals surface area contributed by atoms with Gasteiger partial charge >= 0.3 is 11.9 Å². The predicted octanol–water partition coefficient (Wildman–Crippen LogP) is 3.24. The molecule has 1 aliphatic heterocycles. The van der Waals surface area contributed by atoms with E-state index in [0.717, 1.165) is 4.90 Å². The normalized spacial score (nSPS) is 12.6. The Bertz CT molecular complexity index is 1350. The molecule has 0 atom stereocenters. The van der Waals surface area contributed by atoms with E-state index in [0.29, 0.717) is 17.0 Å². The number of aromatic amines is 1. The highest BCUT2D eigenvalue weighted by Crippen LogP contribution is 2.26. The van der Waals surface area contributed by atoms with Gasteiger partial charge in [-0.3, -0.25) is 19.3 Å². The lowest BCUT2D eigenvalue weighted by Gasteiger charge is -2.11. The van der Waals surface area contributed by atoms with E-state index in [4.69, 9.17) is 13.9 Å². The van der Waals surface area contributed by atoms with Crippen molar-refractivity contribution < 1.29 is 37.9 Å². The van der Waals surface area contributed by atoms with Gasteiger partial charge in [0.05, 0.1) is 47.4 Å². The highest BCUT2D eigenvalue weighted by molar-refractivity contribution is 6.21. The van der Waals surface area contributed by atoms with Gasteiger partial charge in [0.1, 0.15) is 5.76 Å². The van der Waals surface area contributed by atoms with E-state index < -0.39 is 36.1 Å². The van der Waals surface area contributed by atoms with Gasteiger partial charge in [0, 0.05) is 5.69 Å². The van der Waals surface area contributed by atoms with Crippen molar-refractivity contribution in [3.63, 3.8) is 0 Å². The summed E-state index contributed by atoms with van der Waals surface area (Å²) in [6.07, 6.45) is 1.44. The Labute approximate surface area is 199 Å². The van der Waals surface area contributed by atoms with Gasteiger partial charge in [-0.05, 0) is 56.7 Å². The number of hydrogen-bond acceptors (Lipinski definition) is 8. The summed E-state index contributed by atoms with van der Waals surface area (Å²) >= 11 is 0. The third kappa shape index (κ3) is 4.37. The highest BCUT2D eigenvalue weighted by atomic mass is 16.5. The van der Waals surface area contributed by atoms with Crippen LogP contribution in [-0.2, 0) is 16.0 Å². The fourth-order valence-corrected chi connectivity index (χ4v) is 3.94. The Morgan fingerprint density at radius 1 is 1.00 bits per heavy atom. The fraction of sp³-hybridized carbons (Fsp3) is 0.240. The first-order chi connectivity index (χ1) is 16.7. The predicted molar refractivity (Wildman–Crippen MR) is 120 cm³/mol. The summed E-state index contributed by atoms with van der Waals surface area (Å²) in [4.78, 5) is 66.6. The number of carbonyl (C=O) groups is 5. The van der Waals surface area contributed by atoms with Crippen LogP contribution in [-0.4, -0.2) is 52.6 Å². The fourth-order valence-electron chi connectivity index (χ4n) is 3.94. The van der Waals surface area contributed by atoms with Gasteiger partial charge in [-0.15, -0.1) is 0 Å². The summed E-state index contributed by atoms with van der Waals surface area (Å²) in [6, 6.07) is 7.30. The summed E-state index contributed by atoms with van der Waals surface area (Å²) in [5, 5.41) is 0. The number of furan rings is 1. The molecule has 35 heavy (non-hydrogen) atoms. The van der Waals surface area contributed by atoms with Crippen molar-refractivity contribution in [1.82, 2.24) is 9.88 Å². The Kier molecular flexibility index (Phi) is 6.37. The average Bonchev–Trinajstić information content (AvgIpc) is 3.52. The van der Waals surface area contributed by atoms with Crippen molar-refractivity contribution in [2.24, 2.45) is 0 Å². The molecule has 0 radical (unpaired) electrons. The summed E-state index contributed by atoms with van der Waals surface area (Å²) in [5.41, 5.74) is 1.53. The Morgan fingerprint density at radius 2 is 1.74 bits per heavy atom. The van der Waals surface area contributed by atoms with E-state index in [1.807, 2.05) is 0 Å². The van der Waals surface area contributed by atoms with E-state index in [1.165, 1.54) is 24.5 Å². The minimum absolute atomic E-state index is 0.0177. The number of ketones is 1. The largest absolute Gasteiger partial charge is 0.467 e. The lowest BCUT2D eigenvalue weighted by Crippen LogP contribution is -2.28. The third-order valence-electron chi connectivity index (χ3n) is 5.63. The zero-order valence-corrected chi connectivity index (χ0v) is 19.3. The molecule has 0 saturated heterocycles. The number of benzene rings is 1. The number of nitrogens with zero attached hydrogens (tertiary/aromatic N) is 1. The van der Waals surface area contributed by atoms with Crippen LogP contribution in [0.4, 0.5) is 0 Å². The van der Waals surface area contributed by atoms with Crippen LogP contribution in [0.15, 0.2) is 41.0 Å². The summed E-state index contributed by atoms with van der Waals surface area (Å²) in [5.74, 6) is -2.53. The molecular weight excluding hydrogens is 456 g/mol. The first kappa shape index (κ1) is 23.7. The van der Waals surface area contributed by atoms with Crippen molar-refractivity contribution in [3.05, 3.63) is 81.6 Å². The molecule has 0 unspecified atom stereocenters. The lowest BCUT2D eigenvalue weighted by atomic mass is 10.1. The maximum absolute atomic E-state index is 12.7. The number of carbonyl (C=O) groups excluding carboxylic acids is 5. The molecule has 1 aromatic carbocycles. The number of aryl methyl sites for hydroxylation is 1. The average molecular weight is 478 g/mol. The van der Waals surface area contributed by atoms with E-state index in [9.17, 15) is 24.0 Å². The van der Waals surface area contributed by atoms with E-state index >= 15 is 0 Å². The molecule has 10 nitrogen and oxygen atoms in total. The van der Waals surface area contributed by atoms with Crippen molar-refractivity contribution >= 4 is 29.5 Å². The van der Waals surface area contributed by atoms with Gasteiger partial charge in [-0.1, -0.05) is 0 Å². The maximum Gasteiger partial charge on any atom is 0.340 e. The van der Waals surface area contributed by atoms with Crippen molar-refractivity contribution in [2.45, 2.75) is 27.3 Å². The summed E-state index contributed by atoms with van der Waals surface area (Å²) in [6.45, 7) is 4.49. The molecule has 3 heterocycles. The maximum atomic E-state index is 12.7. The Balaban J connectivity index is 1.45. The molecule has 10 heteroatoms. The number of hydrogen-bond donors (Lipinski definition) is 1. The van der Waals surface area contributed by atoms with E-state index in [-0.39, 0.29) is 41.1 Å². The second-order valence-corrected chi connectivity index (χ2v) is 7.88. The number of aromatic nitrogens is 1. The van der Waals surface area contributed by atoms with Gasteiger partial charge in [0.25, 0.3) is 11.8 Å². The standard InChI is InChI=1S/C25H22N2O8/c1-4-33-25(32)20-13(2)21(26-14(20)3)19(28)12-35-24(31)15-7-8-17-18(10-15)23(30)27(22(17)29)11-16-6-5-9-34-16/h5-10,26H,4,11-12H2,1-3H3. The molecular formula is C25H22N2O8. The SMILES string of the molecule is CCOC(=O)c1c(C)[nH]c(C(=O)COC(=O)c2ccc3c(c2)C(=O)N(Cc2ccco2)C3=O)c1C. The Morgan fingerprint density at radius 3 is 2.43 bits per heavy atom. The van der Waals surface area contributed by atoms with Crippen LogP contribution in [0.25, 0.3) is 0 Å². The van der Waals surface area contributed by atoms with Gasteiger partial charge in [0.15, 0.2) is 6.61 Å². The van der Waals surface area contributed by atoms with Crippen LogP contribution in [0.5, 0.6) is 0 Å². The zero-order valence-electron chi connectivity index (χ0n) is 19.3. The first-order valence-corrected chi connectivity index (χ1v) is 10.8. The van der Waals surface area contributed by atoms with Crippen LogP contribution in [0.1, 0.15) is 75.9 Å². The van der Waals surface area contributed by atoms with Gasteiger partial charge in [-0.25, -0.2) is 9.59 Å². The second kappa shape index (κ2) is 9.41. The van der Waals surface area contributed by atoms with Crippen LogP contribution in [0.2, 0.25) is 0 Å². The molecule has 3 aromatic rings.